The molecule has 1 N–H and O–H groups in total. The van der Waals surface area contributed by atoms with E-state index in [1.807, 2.05) is 50.8 Å². The van der Waals surface area contributed by atoms with Crippen LogP contribution in [0.2, 0.25) is 5.02 Å². The van der Waals surface area contributed by atoms with Gasteiger partial charge in [0.2, 0.25) is 5.91 Å². The lowest BCUT2D eigenvalue weighted by molar-refractivity contribution is -0.126. The molecular formula is C14H19ClN2O. The minimum atomic E-state index is -0.421. The Morgan fingerprint density at radius 3 is 2.67 bits per heavy atom. The molecule has 3 nitrogen and oxygen atoms in total. The summed E-state index contributed by atoms with van der Waals surface area (Å²) in [5.74, 6) is 0.145. The minimum Gasteiger partial charge on any atom is -0.382 e. The standard InChI is InChI=1S/C14H19ClN2O/c1-9(2)17-12-6-5-10(15)7-11(12)16-8-14(3,4)13(17)18/h5-7,9,16H,8H2,1-4H3. The van der Waals surface area contributed by atoms with Gasteiger partial charge < -0.3 is 10.2 Å². The van der Waals surface area contributed by atoms with Crippen molar-refractivity contribution in [2.75, 3.05) is 16.8 Å². The van der Waals surface area contributed by atoms with Crippen LogP contribution in [0.4, 0.5) is 11.4 Å². The van der Waals surface area contributed by atoms with Gasteiger partial charge in [-0.05, 0) is 45.9 Å². The normalized spacial score (nSPS) is 18.3. The Hall–Kier alpha value is -1.22. The topological polar surface area (TPSA) is 32.3 Å². The Morgan fingerprint density at radius 2 is 2.06 bits per heavy atom. The third-order valence-electron chi connectivity index (χ3n) is 3.25. The predicted octanol–water partition coefficient (Wildman–Crippen LogP) is 3.53. The zero-order valence-electron chi connectivity index (χ0n) is 11.2. The summed E-state index contributed by atoms with van der Waals surface area (Å²) < 4.78 is 0. The van der Waals surface area contributed by atoms with Crippen LogP contribution in [0.15, 0.2) is 18.2 Å². The first-order valence-electron chi connectivity index (χ1n) is 6.20. The molecule has 1 heterocycles. The van der Waals surface area contributed by atoms with Crippen LogP contribution in [-0.4, -0.2) is 18.5 Å². The monoisotopic (exact) mass is 266 g/mol. The van der Waals surface area contributed by atoms with Gasteiger partial charge in [0.15, 0.2) is 0 Å². The van der Waals surface area contributed by atoms with E-state index in [0.717, 1.165) is 11.4 Å². The maximum absolute atomic E-state index is 12.6. The average molecular weight is 267 g/mol. The van der Waals surface area contributed by atoms with Gasteiger partial charge in [0.05, 0.1) is 16.8 Å². The Bertz CT molecular complexity index is 483. The van der Waals surface area contributed by atoms with E-state index in [2.05, 4.69) is 5.32 Å². The zero-order chi connectivity index (χ0) is 13.5. The van der Waals surface area contributed by atoms with Crippen molar-refractivity contribution >= 4 is 28.9 Å². The third-order valence-corrected chi connectivity index (χ3v) is 3.49. The second-order valence-electron chi connectivity index (χ2n) is 5.67. The fourth-order valence-electron chi connectivity index (χ4n) is 2.20. The van der Waals surface area contributed by atoms with Crippen LogP contribution in [0.3, 0.4) is 0 Å². The number of nitrogens with zero attached hydrogens (tertiary/aromatic N) is 1. The van der Waals surface area contributed by atoms with Gasteiger partial charge in [-0.25, -0.2) is 0 Å². The molecule has 18 heavy (non-hydrogen) atoms. The van der Waals surface area contributed by atoms with Crippen molar-refractivity contribution in [1.82, 2.24) is 0 Å². The largest absolute Gasteiger partial charge is 0.382 e. The van der Waals surface area contributed by atoms with Crippen LogP contribution in [-0.2, 0) is 4.79 Å². The Labute approximate surface area is 113 Å². The number of amides is 1. The average Bonchev–Trinajstić information content (AvgIpc) is 2.36. The highest BCUT2D eigenvalue weighted by atomic mass is 35.5. The number of hydrogen-bond donors (Lipinski definition) is 1. The van der Waals surface area contributed by atoms with Crippen molar-refractivity contribution in [3.05, 3.63) is 23.2 Å². The van der Waals surface area contributed by atoms with E-state index in [4.69, 9.17) is 11.6 Å². The highest BCUT2D eigenvalue weighted by Gasteiger charge is 2.37. The van der Waals surface area contributed by atoms with Gasteiger partial charge in [-0.1, -0.05) is 11.6 Å². The second kappa shape index (κ2) is 4.47. The molecule has 1 aliphatic rings. The molecule has 98 valence electrons. The van der Waals surface area contributed by atoms with E-state index in [-0.39, 0.29) is 11.9 Å². The third kappa shape index (κ3) is 2.19. The molecule has 0 fully saturated rings. The number of rotatable bonds is 1. The van der Waals surface area contributed by atoms with Crippen molar-refractivity contribution < 1.29 is 4.79 Å². The van der Waals surface area contributed by atoms with Crippen molar-refractivity contribution in [2.45, 2.75) is 33.7 Å². The van der Waals surface area contributed by atoms with Crippen LogP contribution in [0.25, 0.3) is 0 Å². The molecule has 0 spiro atoms. The van der Waals surface area contributed by atoms with Gasteiger partial charge >= 0.3 is 0 Å². The smallest absolute Gasteiger partial charge is 0.234 e. The number of carbonyl (C=O) groups is 1. The van der Waals surface area contributed by atoms with E-state index in [9.17, 15) is 4.79 Å². The molecule has 0 saturated heterocycles. The summed E-state index contributed by atoms with van der Waals surface area (Å²) in [6, 6.07) is 5.73. The predicted molar refractivity (Wildman–Crippen MR) is 76.3 cm³/mol. The lowest BCUT2D eigenvalue weighted by Gasteiger charge is -2.31. The van der Waals surface area contributed by atoms with Crippen molar-refractivity contribution in [3.63, 3.8) is 0 Å². The molecule has 1 aliphatic heterocycles. The van der Waals surface area contributed by atoms with Crippen LogP contribution in [0.1, 0.15) is 27.7 Å². The fraction of sp³-hybridized carbons (Fsp3) is 0.500. The molecule has 0 unspecified atom stereocenters. The van der Waals surface area contributed by atoms with E-state index >= 15 is 0 Å². The number of carbonyl (C=O) groups excluding carboxylic acids is 1. The van der Waals surface area contributed by atoms with Gasteiger partial charge in [-0.2, -0.15) is 0 Å². The summed E-state index contributed by atoms with van der Waals surface area (Å²) in [4.78, 5) is 14.5. The summed E-state index contributed by atoms with van der Waals surface area (Å²) in [6.07, 6.45) is 0. The van der Waals surface area contributed by atoms with Crippen LogP contribution < -0.4 is 10.2 Å². The van der Waals surface area contributed by atoms with Crippen LogP contribution in [0, 0.1) is 5.41 Å². The SMILES string of the molecule is CC(C)N1C(=O)C(C)(C)CNc2cc(Cl)ccc21. The number of fused-ring (bicyclic) bond motifs is 1. The second-order valence-corrected chi connectivity index (χ2v) is 6.10. The number of nitrogens with one attached hydrogen (secondary N) is 1. The Morgan fingerprint density at radius 1 is 1.39 bits per heavy atom. The molecule has 0 aliphatic carbocycles. The zero-order valence-corrected chi connectivity index (χ0v) is 12.0. The Kier molecular flexibility index (Phi) is 3.28. The number of benzene rings is 1. The summed E-state index contributed by atoms with van der Waals surface area (Å²) in [5, 5.41) is 4.00. The molecule has 1 amide bonds. The van der Waals surface area contributed by atoms with E-state index in [0.29, 0.717) is 11.6 Å². The van der Waals surface area contributed by atoms with Crippen molar-refractivity contribution in [2.24, 2.45) is 5.41 Å². The lowest BCUT2D eigenvalue weighted by Crippen LogP contribution is -2.45. The maximum atomic E-state index is 12.6. The number of halogens is 1. The molecule has 1 aromatic rings. The minimum absolute atomic E-state index is 0.122. The summed E-state index contributed by atoms with van der Waals surface area (Å²) in [6.45, 7) is 8.59. The molecule has 2 rings (SSSR count). The fourth-order valence-corrected chi connectivity index (χ4v) is 2.37. The van der Waals surface area contributed by atoms with Gasteiger partial charge in [0, 0.05) is 17.6 Å². The summed E-state index contributed by atoms with van der Waals surface area (Å²) in [7, 11) is 0. The molecule has 1 aromatic carbocycles. The molecule has 4 heteroatoms. The summed E-state index contributed by atoms with van der Waals surface area (Å²) in [5.41, 5.74) is 1.41. The Balaban J connectivity index is 2.57. The van der Waals surface area contributed by atoms with Gasteiger partial charge in [0.25, 0.3) is 0 Å². The van der Waals surface area contributed by atoms with Gasteiger partial charge in [-0.3, -0.25) is 4.79 Å². The highest BCUT2D eigenvalue weighted by molar-refractivity contribution is 6.31. The number of anilines is 2. The molecule has 0 aromatic heterocycles. The van der Waals surface area contributed by atoms with Crippen LogP contribution >= 0.6 is 11.6 Å². The van der Waals surface area contributed by atoms with Crippen LogP contribution in [0.5, 0.6) is 0 Å². The molecule has 0 atom stereocenters. The summed E-state index contributed by atoms with van der Waals surface area (Å²) >= 11 is 6.02. The first-order valence-corrected chi connectivity index (χ1v) is 6.58. The highest BCUT2D eigenvalue weighted by Crippen LogP contribution is 2.37. The maximum Gasteiger partial charge on any atom is 0.234 e. The van der Waals surface area contributed by atoms with E-state index in [1.54, 1.807) is 0 Å². The first-order chi connectivity index (χ1) is 8.33. The van der Waals surface area contributed by atoms with Crippen molar-refractivity contribution in [3.8, 4) is 0 Å². The lowest BCUT2D eigenvalue weighted by atomic mass is 9.91. The quantitative estimate of drug-likeness (QED) is 0.843. The van der Waals surface area contributed by atoms with E-state index in [1.165, 1.54) is 0 Å². The van der Waals surface area contributed by atoms with E-state index < -0.39 is 5.41 Å². The molecule has 0 bridgehead atoms. The number of hydrogen-bond acceptors (Lipinski definition) is 2. The molecular weight excluding hydrogens is 248 g/mol. The molecule has 0 radical (unpaired) electrons. The van der Waals surface area contributed by atoms with Gasteiger partial charge in [0.1, 0.15) is 0 Å². The first kappa shape index (κ1) is 13.2. The van der Waals surface area contributed by atoms with Crippen molar-refractivity contribution in [1.29, 1.82) is 0 Å². The molecule has 0 saturated carbocycles. The van der Waals surface area contributed by atoms with Gasteiger partial charge in [-0.15, -0.1) is 0 Å².